The SMILES string of the molecule is Cc1nnc(SCCn2cccn2)n1C1CCCC(C)C1. The molecule has 114 valence electrons. The zero-order valence-corrected chi connectivity index (χ0v) is 13.6. The van der Waals surface area contributed by atoms with Gasteiger partial charge in [-0.25, -0.2) is 0 Å². The molecule has 0 aliphatic heterocycles. The first kappa shape index (κ1) is 14.6. The molecular weight excluding hydrogens is 282 g/mol. The zero-order chi connectivity index (χ0) is 14.7. The number of thioether (sulfide) groups is 1. The van der Waals surface area contributed by atoms with Gasteiger partial charge in [-0.3, -0.25) is 4.68 Å². The van der Waals surface area contributed by atoms with E-state index in [9.17, 15) is 0 Å². The van der Waals surface area contributed by atoms with Gasteiger partial charge >= 0.3 is 0 Å². The predicted octanol–water partition coefficient (Wildman–Crippen LogP) is 3.33. The smallest absolute Gasteiger partial charge is 0.191 e. The van der Waals surface area contributed by atoms with Crippen LogP contribution in [-0.4, -0.2) is 30.3 Å². The Morgan fingerprint density at radius 2 is 2.24 bits per heavy atom. The van der Waals surface area contributed by atoms with Crippen molar-refractivity contribution in [3.63, 3.8) is 0 Å². The van der Waals surface area contributed by atoms with Crippen molar-refractivity contribution < 1.29 is 0 Å². The van der Waals surface area contributed by atoms with E-state index >= 15 is 0 Å². The summed E-state index contributed by atoms with van der Waals surface area (Å²) < 4.78 is 4.33. The van der Waals surface area contributed by atoms with Crippen molar-refractivity contribution in [2.45, 2.75) is 57.3 Å². The number of aromatic nitrogens is 5. The summed E-state index contributed by atoms with van der Waals surface area (Å²) in [6, 6.07) is 2.54. The summed E-state index contributed by atoms with van der Waals surface area (Å²) in [5.74, 6) is 2.84. The Bertz CT molecular complexity index is 563. The minimum atomic E-state index is 0.580. The molecule has 0 radical (unpaired) electrons. The predicted molar refractivity (Wildman–Crippen MR) is 84.4 cm³/mol. The van der Waals surface area contributed by atoms with Gasteiger partial charge in [0.05, 0.1) is 6.54 Å². The first-order valence-electron chi connectivity index (χ1n) is 7.76. The summed E-state index contributed by atoms with van der Waals surface area (Å²) in [6.07, 6.45) is 9.02. The summed E-state index contributed by atoms with van der Waals surface area (Å²) in [5, 5.41) is 14.0. The molecule has 1 saturated carbocycles. The molecule has 0 amide bonds. The number of rotatable bonds is 5. The lowest BCUT2D eigenvalue weighted by molar-refractivity contribution is 0.268. The average Bonchev–Trinajstić information content (AvgIpc) is 3.09. The first-order chi connectivity index (χ1) is 10.2. The Morgan fingerprint density at radius 3 is 3.00 bits per heavy atom. The molecule has 6 heteroatoms. The molecule has 0 saturated heterocycles. The van der Waals surface area contributed by atoms with Crippen LogP contribution in [-0.2, 0) is 6.54 Å². The van der Waals surface area contributed by atoms with E-state index in [4.69, 9.17) is 0 Å². The third-order valence-corrected chi connectivity index (χ3v) is 5.14. The fraction of sp³-hybridized carbons (Fsp3) is 0.667. The van der Waals surface area contributed by atoms with Crippen molar-refractivity contribution in [3.8, 4) is 0 Å². The molecule has 0 N–H and O–H groups in total. The summed E-state index contributed by atoms with van der Waals surface area (Å²) in [5.41, 5.74) is 0. The topological polar surface area (TPSA) is 48.5 Å². The molecule has 3 rings (SSSR count). The molecule has 2 aromatic rings. The maximum atomic E-state index is 4.38. The van der Waals surface area contributed by atoms with E-state index in [1.165, 1.54) is 25.7 Å². The van der Waals surface area contributed by atoms with Gasteiger partial charge in [-0.2, -0.15) is 5.10 Å². The van der Waals surface area contributed by atoms with Gasteiger partial charge in [-0.1, -0.05) is 31.5 Å². The molecule has 1 aliphatic carbocycles. The van der Waals surface area contributed by atoms with Crippen LogP contribution in [0.25, 0.3) is 0 Å². The fourth-order valence-electron chi connectivity index (χ4n) is 3.17. The number of nitrogens with zero attached hydrogens (tertiary/aromatic N) is 5. The van der Waals surface area contributed by atoms with E-state index < -0.39 is 0 Å². The van der Waals surface area contributed by atoms with Gasteiger partial charge in [0, 0.05) is 24.2 Å². The maximum absolute atomic E-state index is 4.38. The average molecular weight is 305 g/mol. The van der Waals surface area contributed by atoms with Crippen molar-refractivity contribution >= 4 is 11.8 Å². The third-order valence-electron chi connectivity index (χ3n) is 4.22. The van der Waals surface area contributed by atoms with E-state index in [1.54, 1.807) is 11.8 Å². The molecule has 2 heterocycles. The van der Waals surface area contributed by atoms with Crippen LogP contribution >= 0.6 is 11.8 Å². The molecule has 0 spiro atoms. The molecule has 2 atom stereocenters. The maximum Gasteiger partial charge on any atom is 0.191 e. The van der Waals surface area contributed by atoms with Crippen molar-refractivity contribution in [3.05, 3.63) is 24.3 Å². The minimum absolute atomic E-state index is 0.580. The highest BCUT2D eigenvalue weighted by molar-refractivity contribution is 7.99. The number of aryl methyl sites for hydroxylation is 2. The molecule has 2 unspecified atom stereocenters. The van der Waals surface area contributed by atoms with Crippen LogP contribution in [0.5, 0.6) is 0 Å². The third kappa shape index (κ3) is 3.48. The van der Waals surface area contributed by atoms with Crippen molar-refractivity contribution in [2.24, 2.45) is 5.92 Å². The normalized spacial score (nSPS) is 22.6. The van der Waals surface area contributed by atoms with E-state index in [1.807, 2.05) is 23.1 Å². The monoisotopic (exact) mass is 305 g/mol. The van der Waals surface area contributed by atoms with Crippen LogP contribution in [0.2, 0.25) is 0 Å². The summed E-state index contributed by atoms with van der Waals surface area (Å²) in [7, 11) is 0. The highest BCUT2D eigenvalue weighted by Crippen LogP contribution is 2.35. The number of hydrogen-bond donors (Lipinski definition) is 0. The van der Waals surface area contributed by atoms with E-state index in [2.05, 4.69) is 33.7 Å². The van der Waals surface area contributed by atoms with E-state index in [-0.39, 0.29) is 0 Å². The summed E-state index contributed by atoms with van der Waals surface area (Å²) in [6.45, 7) is 5.34. The summed E-state index contributed by atoms with van der Waals surface area (Å²) in [4.78, 5) is 0. The van der Waals surface area contributed by atoms with Gasteiger partial charge in [0.25, 0.3) is 0 Å². The van der Waals surface area contributed by atoms with Crippen LogP contribution in [0.15, 0.2) is 23.6 Å². The Balaban J connectivity index is 1.65. The zero-order valence-electron chi connectivity index (χ0n) is 12.8. The highest BCUT2D eigenvalue weighted by atomic mass is 32.2. The van der Waals surface area contributed by atoms with E-state index in [0.717, 1.165) is 29.2 Å². The Labute approximate surface area is 130 Å². The lowest BCUT2D eigenvalue weighted by atomic mass is 9.87. The fourth-order valence-corrected chi connectivity index (χ4v) is 4.15. The van der Waals surface area contributed by atoms with Crippen molar-refractivity contribution in [2.75, 3.05) is 5.75 Å². The molecule has 1 fully saturated rings. The Morgan fingerprint density at radius 1 is 1.33 bits per heavy atom. The van der Waals surface area contributed by atoms with Gasteiger partial charge in [-0.05, 0) is 31.7 Å². The van der Waals surface area contributed by atoms with Gasteiger partial charge in [0.15, 0.2) is 5.16 Å². The Hall–Kier alpha value is -1.30. The molecule has 5 nitrogen and oxygen atoms in total. The van der Waals surface area contributed by atoms with Crippen molar-refractivity contribution in [1.82, 2.24) is 24.5 Å². The van der Waals surface area contributed by atoms with Crippen LogP contribution in [0.4, 0.5) is 0 Å². The van der Waals surface area contributed by atoms with Crippen LogP contribution < -0.4 is 0 Å². The van der Waals surface area contributed by atoms with Crippen molar-refractivity contribution in [1.29, 1.82) is 0 Å². The second-order valence-corrected chi connectivity index (χ2v) is 7.01. The lowest BCUT2D eigenvalue weighted by Crippen LogP contribution is -2.19. The molecule has 0 bridgehead atoms. The molecule has 21 heavy (non-hydrogen) atoms. The highest BCUT2D eigenvalue weighted by Gasteiger charge is 2.24. The van der Waals surface area contributed by atoms with Gasteiger partial charge in [-0.15, -0.1) is 10.2 Å². The molecule has 0 aromatic carbocycles. The van der Waals surface area contributed by atoms with Crippen LogP contribution in [0.1, 0.15) is 44.5 Å². The van der Waals surface area contributed by atoms with Gasteiger partial charge < -0.3 is 4.57 Å². The number of hydrogen-bond acceptors (Lipinski definition) is 4. The largest absolute Gasteiger partial charge is 0.303 e. The summed E-state index contributed by atoms with van der Waals surface area (Å²) >= 11 is 1.79. The minimum Gasteiger partial charge on any atom is -0.303 e. The molecule has 2 aromatic heterocycles. The standard InChI is InChI=1S/C15H23N5S/c1-12-5-3-6-14(11-12)20-13(2)17-18-15(20)21-10-9-19-8-4-7-16-19/h4,7-8,12,14H,3,5-6,9-11H2,1-2H3. The second-order valence-electron chi connectivity index (χ2n) is 5.94. The van der Waals surface area contributed by atoms with Gasteiger partial charge in [0.1, 0.15) is 5.82 Å². The van der Waals surface area contributed by atoms with Gasteiger partial charge in [0.2, 0.25) is 0 Å². The first-order valence-corrected chi connectivity index (χ1v) is 8.74. The van der Waals surface area contributed by atoms with E-state index in [0.29, 0.717) is 6.04 Å². The lowest BCUT2D eigenvalue weighted by Gasteiger charge is -2.29. The quantitative estimate of drug-likeness (QED) is 0.795. The Kier molecular flexibility index (Phi) is 4.63. The molecule has 1 aliphatic rings. The second kappa shape index (κ2) is 6.64. The van der Waals surface area contributed by atoms with Crippen LogP contribution in [0, 0.1) is 12.8 Å². The molecular formula is C15H23N5S. The van der Waals surface area contributed by atoms with Crippen LogP contribution in [0.3, 0.4) is 0 Å².